The molecule has 14 heavy (non-hydrogen) atoms. The highest BCUT2D eigenvalue weighted by molar-refractivity contribution is 4.88. The molecule has 0 heteroatoms. The van der Waals surface area contributed by atoms with E-state index < -0.39 is 0 Å². The van der Waals surface area contributed by atoms with Crippen LogP contribution in [0.1, 0.15) is 59.8 Å². The van der Waals surface area contributed by atoms with E-state index in [9.17, 15) is 0 Å². The average molecular weight is 194 g/mol. The van der Waals surface area contributed by atoms with Crippen molar-refractivity contribution in [2.45, 2.75) is 59.8 Å². The van der Waals surface area contributed by atoms with E-state index in [1.165, 1.54) is 32.1 Å². The minimum atomic E-state index is 0.583. The Morgan fingerprint density at radius 3 is 2.64 bits per heavy atom. The predicted molar refractivity (Wildman–Crippen MR) is 64.3 cm³/mol. The summed E-state index contributed by atoms with van der Waals surface area (Å²) in [6, 6.07) is 0. The molecule has 2 unspecified atom stereocenters. The smallest absolute Gasteiger partial charge is 0.0323 e. The lowest BCUT2D eigenvalue weighted by Gasteiger charge is -2.43. The van der Waals surface area contributed by atoms with E-state index in [-0.39, 0.29) is 0 Å². The van der Waals surface area contributed by atoms with Crippen LogP contribution < -0.4 is 0 Å². The van der Waals surface area contributed by atoms with E-state index in [4.69, 9.17) is 0 Å². The van der Waals surface area contributed by atoms with E-state index in [0.29, 0.717) is 5.41 Å². The summed E-state index contributed by atoms with van der Waals surface area (Å²) >= 11 is 0. The molecule has 0 amide bonds. The maximum absolute atomic E-state index is 2.46. The second kappa shape index (κ2) is 5.00. The normalized spacial score (nSPS) is 32.3. The maximum Gasteiger partial charge on any atom is -0.0323 e. The Kier molecular flexibility index (Phi) is 4.22. The van der Waals surface area contributed by atoms with E-state index in [1.807, 2.05) is 0 Å². The number of rotatable bonds is 3. The van der Waals surface area contributed by atoms with Crippen molar-refractivity contribution in [2.75, 3.05) is 0 Å². The first kappa shape index (κ1) is 11.8. The molecule has 0 bridgehead atoms. The molecule has 0 aromatic rings. The summed E-state index contributed by atoms with van der Waals surface area (Å²) in [7, 11) is 0. The van der Waals surface area contributed by atoms with Crippen molar-refractivity contribution in [2.24, 2.45) is 17.3 Å². The minimum Gasteiger partial charge on any atom is -0.0917 e. The largest absolute Gasteiger partial charge is 0.0917 e. The highest BCUT2D eigenvalue weighted by atomic mass is 14.4. The molecule has 0 aromatic carbocycles. The second-order valence-corrected chi connectivity index (χ2v) is 5.61. The van der Waals surface area contributed by atoms with Gasteiger partial charge in [0.05, 0.1) is 0 Å². The van der Waals surface area contributed by atoms with Crippen LogP contribution in [0, 0.1) is 17.3 Å². The Bertz CT molecular complexity index is 188. The zero-order valence-electron chi connectivity index (χ0n) is 10.3. The lowest BCUT2D eigenvalue weighted by molar-refractivity contribution is 0.0773. The number of hydrogen-bond acceptors (Lipinski definition) is 0. The van der Waals surface area contributed by atoms with Crippen molar-refractivity contribution in [3.8, 4) is 0 Å². The fraction of sp³-hybridized carbons (Fsp3) is 0.857. The van der Waals surface area contributed by atoms with Gasteiger partial charge in [0, 0.05) is 0 Å². The molecule has 1 fully saturated rings. The van der Waals surface area contributed by atoms with Gasteiger partial charge in [0.15, 0.2) is 0 Å². The van der Waals surface area contributed by atoms with Gasteiger partial charge >= 0.3 is 0 Å². The summed E-state index contributed by atoms with van der Waals surface area (Å²) in [6.45, 7) is 9.49. The Morgan fingerprint density at radius 2 is 2.07 bits per heavy atom. The van der Waals surface area contributed by atoms with Gasteiger partial charge in [0.1, 0.15) is 0 Å². The summed E-state index contributed by atoms with van der Waals surface area (Å²) in [5.41, 5.74) is 0.583. The molecule has 1 saturated carbocycles. The zero-order chi connectivity index (χ0) is 10.6. The molecule has 0 aromatic heterocycles. The molecule has 2 atom stereocenters. The fourth-order valence-corrected chi connectivity index (χ4v) is 3.15. The third kappa shape index (κ3) is 2.87. The third-order valence-corrected chi connectivity index (χ3v) is 4.05. The van der Waals surface area contributed by atoms with E-state index in [1.54, 1.807) is 0 Å². The van der Waals surface area contributed by atoms with Crippen LogP contribution in [0.4, 0.5) is 0 Å². The lowest BCUT2D eigenvalue weighted by atomic mass is 9.63. The van der Waals surface area contributed by atoms with Crippen molar-refractivity contribution in [1.82, 2.24) is 0 Å². The standard InChI is InChI=1S/C14H26/c1-5-6-7-10-13-12(2)9-8-11-14(13,3)4/h5-6,12-13H,7-11H2,1-4H3/b6-5+. The number of allylic oxidation sites excluding steroid dienone is 2. The van der Waals surface area contributed by atoms with Gasteiger partial charge in [-0.05, 0) is 43.4 Å². The van der Waals surface area contributed by atoms with Crippen LogP contribution in [0.3, 0.4) is 0 Å². The van der Waals surface area contributed by atoms with Gasteiger partial charge in [0.2, 0.25) is 0 Å². The van der Waals surface area contributed by atoms with Crippen LogP contribution in [0.5, 0.6) is 0 Å². The van der Waals surface area contributed by atoms with E-state index in [2.05, 4.69) is 39.8 Å². The van der Waals surface area contributed by atoms with Gasteiger partial charge < -0.3 is 0 Å². The van der Waals surface area contributed by atoms with Crippen LogP contribution in [-0.4, -0.2) is 0 Å². The van der Waals surface area contributed by atoms with Crippen molar-refractivity contribution in [3.63, 3.8) is 0 Å². The Hall–Kier alpha value is -0.260. The topological polar surface area (TPSA) is 0 Å². The summed E-state index contributed by atoms with van der Waals surface area (Å²) < 4.78 is 0. The quantitative estimate of drug-likeness (QED) is 0.566. The average Bonchev–Trinajstić information content (AvgIpc) is 2.09. The molecule has 0 aliphatic heterocycles. The molecule has 1 rings (SSSR count). The summed E-state index contributed by atoms with van der Waals surface area (Å²) in [5.74, 6) is 1.87. The van der Waals surface area contributed by atoms with Gasteiger partial charge in [-0.1, -0.05) is 45.8 Å². The SMILES string of the molecule is C/C=C/CCC1C(C)CCCC1(C)C. The monoisotopic (exact) mass is 194 g/mol. The molecular weight excluding hydrogens is 168 g/mol. The van der Waals surface area contributed by atoms with Gasteiger partial charge in [-0.3, -0.25) is 0 Å². The molecular formula is C14H26. The molecule has 82 valence electrons. The van der Waals surface area contributed by atoms with Gasteiger partial charge in [0.25, 0.3) is 0 Å². The first-order valence-electron chi connectivity index (χ1n) is 6.19. The van der Waals surface area contributed by atoms with Crippen LogP contribution in [0.25, 0.3) is 0 Å². The summed E-state index contributed by atoms with van der Waals surface area (Å²) in [6.07, 6.45) is 11.5. The lowest BCUT2D eigenvalue weighted by Crippen LogP contribution is -2.33. The number of hydrogen-bond donors (Lipinski definition) is 0. The molecule has 0 heterocycles. The first-order chi connectivity index (χ1) is 6.58. The van der Waals surface area contributed by atoms with Gasteiger partial charge in [-0.15, -0.1) is 0 Å². The molecule has 1 aliphatic rings. The van der Waals surface area contributed by atoms with Crippen molar-refractivity contribution in [1.29, 1.82) is 0 Å². The molecule has 1 aliphatic carbocycles. The first-order valence-corrected chi connectivity index (χ1v) is 6.19. The van der Waals surface area contributed by atoms with Gasteiger partial charge in [-0.2, -0.15) is 0 Å². The Morgan fingerprint density at radius 1 is 1.36 bits per heavy atom. The predicted octanol–water partition coefficient (Wildman–Crippen LogP) is 4.81. The Labute approximate surface area is 89.8 Å². The van der Waals surface area contributed by atoms with Crippen molar-refractivity contribution >= 4 is 0 Å². The maximum atomic E-state index is 2.46. The van der Waals surface area contributed by atoms with Crippen LogP contribution in [-0.2, 0) is 0 Å². The Balaban J connectivity index is 2.52. The third-order valence-electron chi connectivity index (χ3n) is 4.05. The molecule has 0 saturated heterocycles. The van der Waals surface area contributed by atoms with Crippen LogP contribution in [0.15, 0.2) is 12.2 Å². The molecule has 0 N–H and O–H groups in total. The highest BCUT2D eigenvalue weighted by Gasteiger charge is 2.35. The summed E-state index contributed by atoms with van der Waals surface area (Å²) in [4.78, 5) is 0. The van der Waals surface area contributed by atoms with E-state index in [0.717, 1.165) is 11.8 Å². The molecule has 0 radical (unpaired) electrons. The molecule has 0 nitrogen and oxygen atoms in total. The fourth-order valence-electron chi connectivity index (χ4n) is 3.15. The van der Waals surface area contributed by atoms with E-state index >= 15 is 0 Å². The minimum absolute atomic E-state index is 0.583. The highest BCUT2D eigenvalue weighted by Crippen LogP contribution is 2.45. The van der Waals surface area contributed by atoms with Crippen LogP contribution >= 0.6 is 0 Å². The zero-order valence-corrected chi connectivity index (χ0v) is 10.3. The van der Waals surface area contributed by atoms with Gasteiger partial charge in [-0.25, -0.2) is 0 Å². The summed E-state index contributed by atoms with van der Waals surface area (Å²) in [5, 5.41) is 0. The second-order valence-electron chi connectivity index (χ2n) is 5.61. The molecule has 0 spiro atoms. The van der Waals surface area contributed by atoms with Crippen molar-refractivity contribution < 1.29 is 0 Å². The van der Waals surface area contributed by atoms with Crippen LogP contribution in [0.2, 0.25) is 0 Å². The van der Waals surface area contributed by atoms with Crippen molar-refractivity contribution in [3.05, 3.63) is 12.2 Å².